The van der Waals surface area contributed by atoms with Crippen molar-refractivity contribution in [2.75, 3.05) is 67.9 Å². The van der Waals surface area contributed by atoms with Gasteiger partial charge in [0.05, 0.1) is 54.4 Å². The van der Waals surface area contributed by atoms with Crippen molar-refractivity contribution in [1.82, 2.24) is 0 Å². The average molecular weight is 533 g/mol. The number of ether oxygens (including phenoxy) is 2. The van der Waals surface area contributed by atoms with Gasteiger partial charge in [-0.3, -0.25) is 4.79 Å². The van der Waals surface area contributed by atoms with Gasteiger partial charge in [-0.15, -0.1) is 11.8 Å². The summed E-state index contributed by atoms with van der Waals surface area (Å²) in [4.78, 5) is 26.4. The van der Waals surface area contributed by atoms with E-state index in [0.717, 1.165) is 22.6 Å². The van der Waals surface area contributed by atoms with E-state index in [1.54, 1.807) is 18.9 Å². The summed E-state index contributed by atoms with van der Waals surface area (Å²) in [5.41, 5.74) is 5.37. The van der Waals surface area contributed by atoms with Crippen LogP contribution in [-0.4, -0.2) is 70.3 Å². The molecule has 198 valence electrons. The summed E-state index contributed by atoms with van der Waals surface area (Å²) in [5, 5.41) is 8.51. The highest BCUT2D eigenvalue weighted by molar-refractivity contribution is 8.04. The number of carbonyl (C=O) groups excluding carboxylic acids is 1. The SMILES string of the molecule is C=CC(=O)Nc1cc(NC2=NC(c3cccc(N(C)C)c3)C3SC=CC3=N2)c(OC)cc1N1CCOCC1. The van der Waals surface area contributed by atoms with E-state index in [1.807, 2.05) is 32.3 Å². The summed E-state index contributed by atoms with van der Waals surface area (Å²) in [6, 6.07) is 12.1. The molecule has 38 heavy (non-hydrogen) atoms. The molecule has 2 unspecified atom stereocenters. The molecule has 0 aromatic heterocycles. The van der Waals surface area contributed by atoms with Gasteiger partial charge in [0.15, 0.2) is 0 Å². The van der Waals surface area contributed by atoms with Gasteiger partial charge >= 0.3 is 0 Å². The number of hydrogen-bond donors (Lipinski definition) is 2. The van der Waals surface area contributed by atoms with Crippen molar-refractivity contribution in [2.45, 2.75) is 11.3 Å². The molecule has 2 aromatic rings. The highest BCUT2D eigenvalue weighted by Gasteiger charge is 2.34. The number of aliphatic imine (C=N–C) groups is 2. The smallest absolute Gasteiger partial charge is 0.247 e. The Morgan fingerprint density at radius 1 is 1.24 bits per heavy atom. The van der Waals surface area contributed by atoms with Crippen LogP contribution in [-0.2, 0) is 9.53 Å². The fourth-order valence-electron chi connectivity index (χ4n) is 4.65. The van der Waals surface area contributed by atoms with Crippen LogP contribution in [0, 0.1) is 0 Å². The van der Waals surface area contributed by atoms with Crippen molar-refractivity contribution >= 4 is 52.1 Å². The maximum atomic E-state index is 12.3. The minimum absolute atomic E-state index is 0.108. The van der Waals surface area contributed by atoms with E-state index in [2.05, 4.69) is 56.7 Å². The maximum absolute atomic E-state index is 12.3. The average Bonchev–Trinajstić information content (AvgIpc) is 3.42. The number of fused-ring (bicyclic) bond motifs is 1. The number of amides is 1. The first-order chi connectivity index (χ1) is 18.5. The number of benzene rings is 2. The van der Waals surface area contributed by atoms with Gasteiger partial charge in [0.25, 0.3) is 0 Å². The van der Waals surface area contributed by atoms with Gasteiger partial charge in [0, 0.05) is 38.9 Å². The summed E-state index contributed by atoms with van der Waals surface area (Å²) in [5.74, 6) is 0.820. The third-order valence-corrected chi connectivity index (χ3v) is 7.71. The van der Waals surface area contributed by atoms with Gasteiger partial charge in [-0.2, -0.15) is 0 Å². The first-order valence-corrected chi connectivity index (χ1v) is 13.4. The highest BCUT2D eigenvalue weighted by Crippen LogP contribution is 2.41. The molecule has 2 aromatic carbocycles. The fraction of sp³-hybridized carbons (Fsp3) is 0.321. The first kappa shape index (κ1) is 25.9. The lowest BCUT2D eigenvalue weighted by Crippen LogP contribution is -2.36. The Morgan fingerprint density at radius 2 is 2.05 bits per heavy atom. The van der Waals surface area contributed by atoms with Gasteiger partial charge in [-0.1, -0.05) is 18.7 Å². The molecule has 3 heterocycles. The Bertz CT molecular complexity index is 1320. The minimum Gasteiger partial charge on any atom is -0.494 e. The van der Waals surface area contributed by atoms with Gasteiger partial charge in [-0.25, -0.2) is 9.98 Å². The molecule has 5 rings (SSSR count). The molecule has 9 nitrogen and oxygen atoms in total. The zero-order valence-corrected chi connectivity index (χ0v) is 22.6. The normalized spacial score (nSPS) is 20.2. The molecule has 2 N–H and O–H groups in total. The molecule has 0 bridgehead atoms. The number of hydrogen-bond acceptors (Lipinski definition) is 9. The molecule has 0 saturated carbocycles. The number of nitrogens with one attached hydrogen (secondary N) is 2. The Labute approximate surface area is 227 Å². The second-order valence-corrected chi connectivity index (χ2v) is 10.3. The number of allylic oxidation sites excluding steroid dienone is 1. The Morgan fingerprint density at radius 3 is 2.79 bits per heavy atom. The maximum Gasteiger partial charge on any atom is 0.247 e. The molecule has 1 saturated heterocycles. The number of methoxy groups -OCH3 is 1. The van der Waals surface area contributed by atoms with E-state index in [1.165, 1.54) is 6.08 Å². The number of guanidine groups is 1. The summed E-state index contributed by atoms with van der Waals surface area (Å²) in [7, 11) is 5.69. The van der Waals surface area contributed by atoms with Gasteiger partial charge in [0.1, 0.15) is 5.75 Å². The predicted octanol–water partition coefficient (Wildman–Crippen LogP) is 4.32. The third-order valence-electron chi connectivity index (χ3n) is 6.63. The third kappa shape index (κ3) is 5.41. The highest BCUT2D eigenvalue weighted by atomic mass is 32.2. The molecule has 0 radical (unpaired) electrons. The number of nitrogens with zero attached hydrogens (tertiary/aromatic N) is 4. The van der Waals surface area contributed by atoms with Gasteiger partial charge in [0.2, 0.25) is 11.9 Å². The fourth-order valence-corrected chi connectivity index (χ4v) is 5.67. The summed E-state index contributed by atoms with van der Waals surface area (Å²) in [6.07, 6.45) is 3.30. The second kappa shape index (κ2) is 11.3. The van der Waals surface area contributed by atoms with Gasteiger partial charge < -0.3 is 29.9 Å². The summed E-state index contributed by atoms with van der Waals surface area (Å²) in [6.45, 7) is 6.27. The number of carbonyl (C=O) groups is 1. The van der Waals surface area contributed by atoms with Crippen LogP contribution in [0.2, 0.25) is 0 Å². The van der Waals surface area contributed by atoms with Crippen LogP contribution >= 0.6 is 11.8 Å². The molecule has 1 fully saturated rings. The van der Waals surface area contributed by atoms with Crippen LogP contribution in [0.4, 0.5) is 22.7 Å². The van der Waals surface area contributed by atoms with Crippen molar-refractivity contribution < 1.29 is 14.3 Å². The monoisotopic (exact) mass is 532 g/mol. The first-order valence-electron chi connectivity index (χ1n) is 12.5. The van der Waals surface area contributed by atoms with Crippen molar-refractivity contribution in [3.05, 3.63) is 66.1 Å². The molecule has 0 spiro atoms. The molecule has 1 amide bonds. The Kier molecular flexibility index (Phi) is 7.71. The van der Waals surface area contributed by atoms with Crippen LogP contribution in [0.25, 0.3) is 0 Å². The minimum atomic E-state index is -0.289. The van der Waals surface area contributed by atoms with E-state index < -0.39 is 0 Å². The molecular weight excluding hydrogens is 500 g/mol. The number of anilines is 4. The topological polar surface area (TPSA) is 90.8 Å². The lowest BCUT2D eigenvalue weighted by molar-refractivity contribution is -0.111. The molecule has 10 heteroatoms. The number of rotatable bonds is 7. The Balaban J connectivity index is 1.51. The molecule has 3 aliphatic heterocycles. The van der Waals surface area contributed by atoms with Crippen LogP contribution in [0.3, 0.4) is 0 Å². The lowest BCUT2D eigenvalue weighted by atomic mass is 9.99. The molecule has 0 aliphatic carbocycles. The van der Waals surface area contributed by atoms with Crippen LogP contribution in [0.5, 0.6) is 5.75 Å². The summed E-state index contributed by atoms with van der Waals surface area (Å²) >= 11 is 1.73. The van der Waals surface area contributed by atoms with E-state index >= 15 is 0 Å². The molecule has 2 atom stereocenters. The van der Waals surface area contributed by atoms with Gasteiger partial charge in [-0.05, 0) is 41.3 Å². The van der Waals surface area contributed by atoms with Crippen molar-refractivity contribution in [3.8, 4) is 5.75 Å². The van der Waals surface area contributed by atoms with Crippen molar-refractivity contribution in [2.24, 2.45) is 9.98 Å². The summed E-state index contributed by atoms with van der Waals surface area (Å²) < 4.78 is 11.3. The van der Waals surface area contributed by atoms with Crippen LogP contribution in [0.15, 0.2) is 70.5 Å². The predicted molar refractivity (Wildman–Crippen MR) is 157 cm³/mol. The zero-order chi connectivity index (χ0) is 26.6. The molecule has 3 aliphatic rings. The van der Waals surface area contributed by atoms with Crippen molar-refractivity contribution in [3.63, 3.8) is 0 Å². The van der Waals surface area contributed by atoms with Crippen molar-refractivity contribution in [1.29, 1.82) is 0 Å². The standard InChI is InChI=1S/C28H32N6O3S/c1-5-25(35)29-21-16-22(24(36-4)17-23(21)34-10-12-37-13-11-34)31-28-30-20-9-14-38-27(20)26(32-28)18-7-6-8-19(15-18)33(2)3/h5-9,14-17,26-27H,1,10-13H2,2-4H3,(H,29,35)(H,31,32). The van der Waals surface area contributed by atoms with Crippen LogP contribution < -0.4 is 25.2 Å². The zero-order valence-electron chi connectivity index (χ0n) is 21.8. The second-order valence-electron chi connectivity index (χ2n) is 9.27. The Hall–Kier alpha value is -3.76. The largest absolute Gasteiger partial charge is 0.494 e. The number of thioether (sulfide) groups is 1. The quantitative estimate of drug-likeness (QED) is 0.514. The molecular formula is C28H32N6O3S. The van der Waals surface area contributed by atoms with Crippen LogP contribution in [0.1, 0.15) is 11.6 Å². The lowest BCUT2D eigenvalue weighted by Gasteiger charge is -2.31. The van der Waals surface area contributed by atoms with E-state index in [9.17, 15) is 4.79 Å². The van der Waals surface area contributed by atoms with E-state index in [4.69, 9.17) is 19.5 Å². The van der Waals surface area contributed by atoms with E-state index in [0.29, 0.717) is 49.4 Å². The number of morpholine rings is 1. The van der Waals surface area contributed by atoms with E-state index in [-0.39, 0.29) is 17.2 Å².